The molecule has 0 saturated carbocycles. The third-order valence-electron chi connectivity index (χ3n) is 4.68. The second-order valence-corrected chi connectivity index (χ2v) is 8.27. The molecule has 2 aromatic heterocycles. The van der Waals surface area contributed by atoms with E-state index in [1.165, 1.54) is 0 Å². The minimum absolute atomic E-state index is 0.291. The molecule has 0 bridgehead atoms. The van der Waals surface area contributed by atoms with Gasteiger partial charge in [-0.25, -0.2) is 4.98 Å². The smallest absolute Gasteiger partial charge is 0.445 e. The molecule has 1 aliphatic heterocycles. The largest absolute Gasteiger partial charge is 0.496 e. The lowest BCUT2D eigenvalue weighted by Gasteiger charge is -2.30. The number of hydrogen-bond donors (Lipinski definition) is 0. The highest BCUT2D eigenvalue weighted by molar-refractivity contribution is 7.15. The van der Waals surface area contributed by atoms with E-state index in [0.717, 1.165) is 34.9 Å². The SMILES string of the molecule is COc1ccccc1-c1csc(C2CCN(c3nnc(C(F)(F)F)s3)CC2)n1. The Kier molecular flexibility index (Phi) is 5.24. The number of methoxy groups -OCH3 is 1. The molecule has 0 atom stereocenters. The zero-order valence-corrected chi connectivity index (χ0v) is 16.6. The molecular weight excluding hydrogens is 409 g/mol. The lowest BCUT2D eigenvalue weighted by Crippen LogP contribution is -2.32. The van der Waals surface area contributed by atoms with Crippen LogP contribution in [0.4, 0.5) is 18.3 Å². The van der Waals surface area contributed by atoms with E-state index in [1.807, 2.05) is 34.5 Å². The van der Waals surface area contributed by atoms with E-state index in [9.17, 15) is 13.2 Å². The van der Waals surface area contributed by atoms with Crippen LogP contribution in [-0.2, 0) is 6.18 Å². The fourth-order valence-corrected chi connectivity index (χ4v) is 4.99. The molecule has 4 rings (SSSR count). The van der Waals surface area contributed by atoms with Gasteiger partial charge in [0.15, 0.2) is 0 Å². The number of halogens is 3. The van der Waals surface area contributed by atoms with Gasteiger partial charge in [-0.2, -0.15) is 13.2 Å². The van der Waals surface area contributed by atoms with Gasteiger partial charge in [-0.3, -0.25) is 0 Å². The predicted octanol–water partition coefficient (Wildman–Crippen LogP) is 5.07. The van der Waals surface area contributed by atoms with E-state index >= 15 is 0 Å². The van der Waals surface area contributed by atoms with Gasteiger partial charge in [0.1, 0.15) is 5.75 Å². The number of aromatic nitrogens is 3. The van der Waals surface area contributed by atoms with Crippen LogP contribution in [0.1, 0.15) is 28.8 Å². The number of alkyl halides is 3. The first kappa shape index (κ1) is 19.1. The quantitative estimate of drug-likeness (QED) is 0.583. The van der Waals surface area contributed by atoms with E-state index in [-0.39, 0.29) is 0 Å². The number of anilines is 1. The van der Waals surface area contributed by atoms with E-state index in [2.05, 4.69) is 10.2 Å². The number of nitrogens with zero attached hydrogens (tertiary/aromatic N) is 4. The van der Waals surface area contributed by atoms with Crippen LogP contribution in [0.25, 0.3) is 11.3 Å². The van der Waals surface area contributed by atoms with Gasteiger partial charge >= 0.3 is 6.18 Å². The molecule has 10 heteroatoms. The predicted molar refractivity (Wildman–Crippen MR) is 103 cm³/mol. The normalized spacial score (nSPS) is 15.8. The highest BCUT2D eigenvalue weighted by Gasteiger charge is 2.36. The standard InChI is InChI=1S/C18H17F3N4OS2/c1-26-14-5-3-2-4-12(14)13-10-27-15(22-13)11-6-8-25(9-7-11)17-24-23-16(28-17)18(19,20)21/h2-5,10-11H,6-9H2,1H3. The first-order valence-corrected chi connectivity index (χ1v) is 10.4. The van der Waals surface area contributed by atoms with Crippen LogP contribution in [0.2, 0.25) is 0 Å². The second kappa shape index (κ2) is 7.67. The molecule has 1 saturated heterocycles. The number of piperidine rings is 1. The Morgan fingerprint density at radius 1 is 1.14 bits per heavy atom. The van der Waals surface area contributed by atoms with Gasteiger partial charge in [-0.15, -0.1) is 21.5 Å². The molecule has 0 amide bonds. The molecule has 0 aliphatic carbocycles. The van der Waals surface area contributed by atoms with Crippen LogP contribution in [0.15, 0.2) is 29.6 Å². The molecule has 28 heavy (non-hydrogen) atoms. The van der Waals surface area contributed by atoms with Crippen molar-refractivity contribution in [3.8, 4) is 17.0 Å². The molecule has 3 aromatic rings. The zero-order chi connectivity index (χ0) is 19.7. The number of rotatable bonds is 4. The summed E-state index contributed by atoms with van der Waals surface area (Å²) >= 11 is 2.22. The van der Waals surface area contributed by atoms with Crippen LogP contribution in [-0.4, -0.2) is 35.4 Å². The summed E-state index contributed by atoms with van der Waals surface area (Å²) in [5, 5.41) is 9.50. The topological polar surface area (TPSA) is 51.1 Å². The van der Waals surface area contributed by atoms with E-state index in [1.54, 1.807) is 18.4 Å². The van der Waals surface area contributed by atoms with E-state index in [0.29, 0.717) is 35.5 Å². The second-order valence-electron chi connectivity index (χ2n) is 6.42. The minimum Gasteiger partial charge on any atom is -0.496 e. The summed E-state index contributed by atoms with van der Waals surface area (Å²) in [6, 6.07) is 7.76. The van der Waals surface area contributed by atoms with Crippen molar-refractivity contribution in [3.05, 3.63) is 39.7 Å². The Morgan fingerprint density at radius 2 is 1.89 bits per heavy atom. The highest BCUT2D eigenvalue weighted by atomic mass is 32.1. The summed E-state index contributed by atoms with van der Waals surface area (Å²) in [5.41, 5.74) is 1.84. The maximum atomic E-state index is 12.7. The third-order valence-corrected chi connectivity index (χ3v) is 6.71. The van der Waals surface area contributed by atoms with Crippen molar-refractivity contribution in [1.82, 2.24) is 15.2 Å². The average molecular weight is 426 g/mol. The van der Waals surface area contributed by atoms with Crippen molar-refractivity contribution in [2.45, 2.75) is 24.9 Å². The van der Waals surface area contributed by atoms with Gasteiger partial charge in [0.2, 0.25) is 10.1 Å². The molecule has 148 valence electrons. The van der Waals surface area contributed by atoms with Gasteiger partial charge in [0, 0.05) is 30.0 Å². The van der Waals surface area contributed by atoms with Crippen molar-refractivity contribution in [2.75, 3.05) is 25.1 Å². The van der Waals surface area contributed by atoms with Crippen LogP contribution in [0.5, 0.6) is 5.75 Å². The summed E-state index contributed by atoms with van der Waals surface area (Å²) < 4.78 is 43.6. The van der Waals surface area contributed by atoms with Gasteiger partial charge in [0.25, 0.3) is 0 Å². The van der Waals surface area contributed by atoms with Gasteiger partial charge in [0.05, 0.1) is 17.8 Å². The highest BCUT2D eigenvalue weighted by Crippen LogP contribution is 2.38. The Labute approximate surface area is 167 Å². The lowest BCUT2D eigenvalue weighted by atomic mass is 9.98. The number of hydrogen-bond acceptors (Lipinski definition) is 7. The fourth-order valence-electron chi connectivity index (χ4n) is 3.23. The Bertz CT molecular complexity index is 948. The van der Waals surface area contributed by atoms with Crippen molar-refractivity contribution in [1.29, 1.82) is 0 Å². The molecule has 3 heterocycles. The molecule has 0 spiro atoms. The summed E-state index contributed by atoms with van der Waals surface area (Å²) in [6.45, 7) is 1.28. The Hall–Kier alpha value is -2.20. The summed E-state index contributed by atoms with van der Waals surface area (Å²) in [5.74, 6) is 1.07. The van der Waals surface area contributed by atoms with Crippen molar-refractivity contribution in [3.63, 3.8) is 0 Å². The summed E-state index contributed by atoms with van der Waals surface area (Å²) in [4.78, 5) is 6.67. The molecule has 0 N–H and O–H groups in total. The molecule has 1 aliphatic rings. The number of ether oxygens (including phenoxy) is 1. The van der Waals surface area contributed by atoms with Crippen molar-refractivity contribution >= 4 is 27.8 Å². The molecule has 0 unspecified atom stereocenters. The van der Waals surface area contributed by atoms with Gasteiger partial charge in [-0.1, -0.05) is 23.5 Å². The maximum absolute atomic E-state index is 12.7. The first-order chi connectivity index (χ1) is 13.5. The lowest BCUT2D eigenvalue weighted by molar-refractivity contribution is -0.138. The average Bonchev–Trinajstić information content (AvgIpc) is 3.38. The Balaban J connectivity index is 1.43. The van der Waals surface area contributed by atoms with Crippen LogP contribution in [0, 0.1) is 0 Å². The molecule has 5 nitrogen and oxygen atoms in total. The van der Waals surface area contributed by atoms with E-state index < -0.39 is 11.2 Å². The maximum Gasteiger partial charge on any atom is 0.445 e. The van der Waals surface area contributed by atoms with Gasteiger partial charge < -0.3 is 9.64 Å². The Morgan fingerprint density at radius 3 is 2.57 bits per heavy atom. The molecule has 1 fully saturated rings. The number of thiazole rings is 1. The fraction of sp³-hybridized carbons (Fsp3) is 0.389. The van der Waals surface area contributed by atoms with Crippen LogP contribution < -0.4 is 9.64 Å². The number of para-hydroxylation sites is 1. The molecule has 0 radical (unpaired) electrons. The van der Waals surface area contributed by atoms with Crippen LogP contribution >= 0.6 is 22.7 Å². The summed E-state index contributed by atoms with van der Waals surface area (Å²) in [6.07, 6.45) is -2.80. The molecular formula is C18H17F3N4OS2. The molecule has 1 aromatic carbocycles. The zero-order valence-electron chi connectivity index (χ0n) is 14.9. The minimum atomic E-state index is -4.44. The van der Waals surface area contributed by atoms with Crippen LogP contribution in [0.3, 0.4) is 0 Å². The van der Waals surface area contributed by atoms with E-state index in [4.69, 9.17) is 9.72 Å². The number of benzene rings is 1. The summed E-state index contributed by atoms with van der Waals surface area (Å²) in [7, 11) is 1.64. The monoisotopic (exact) mass is 426 g/mol. The third kappa shape index (κ3) is 3.83. The van der Waals surface area contributed by atoms with Gasteiger partial charge in [-0.05, 0) is 25.0 Å². The van der Waals surface area contributed by atoms with Crippen molar-refractivity contribution in [2.24, 2.45) is 0 Å². The first-order valence-electron chi connectivity index (χ1n) is 8.70. The van der Waals surface area contributed by atoms with Crippen molar-refractivity contribution < 1.29 is 17.9 Å².